The van der Waals surface area contributed by atoms with Crippen LogP contribution in [0.15, 0.2) is 23.0 Å². The smallest absolute Gasteiger partial charge is 0.352 e. The summed E-state index contributed by atoms with van der Waals surface area (Å²) in [4.78, 5) is 33.2. The standard InChI is InChI=1S/C10H12N2O4/c1-11-8(13)5-6-12-7(10(15)16)3-2-4-9(12)14/h2-4H,5-6H2,1H3,(H,11,13)(H,15,16). The van der Waals surface area contributed by atoms with Gasteiger partial charge >= 0.3 is 5.97 Å². The number of aromatic nitrogens is 1. The third-order valence-electron chi connectivity index (χ3n) is 2.11. The van der Waals surface area contributed by atoms with Crippen molar-refractivity contribution in [3.63, 3.8) is 0 Å². The van der Waals surface area contributed by atoms with E-state index in [2.05, 4.69) is 5.32 Å². The number of amides is 1. The Morgan fingerprint density at radius 1 is 1.44 bits per heavy atom. The summed E-state index contributed by atoms with van der Waals surface area (Å²) in [6.07, 6.45) is 0.0701. The molecule has 0 spiro atoms. The van der Waals surface area contributed by atoms with Gasteiger partial charge in [0.25, 0.3) is 5.56 Å². The van der Waals surface area contributed by atoms with E-state index in [9.17, 15) is 14.4 Å². The summed E-state index contributed by atoms with van der Waals surface area (Å²) in [7, 11) is 1.48. The Morgan fingerprint density at radius 2 is 2.12 bits per heavy atom. The zero-order chi connectivity index (χ0) is 12.1. The molecule has 0 radical (unpaired) electrons. The molecule has 0 aliphatic rings. The second-order valence-corrected chi connectivity index (χ2v) is 3.13. The van der Waals surface area contributed by atoms with Crippen LogP contribution in [0.5, 0.6) is 0 Å². The molecule has 2 N–H and O–H groups in total. The molecule has 0 bridgehead atoms. The minimum Gasteiger partial charge on any atom is -0.477 e. The van der Waals surface area contributed by atoms with Crippen LogP contribution in [0.4, 0.5) is 0 Å². The first-order valence-corrected chi connectivity index (χ1v) is 4.70. The van der Waals surface area contributed by atoms with E-state index < -0.39 is 11.5 Å². The molecule has 1 rings (SSSR count). The second-order valence-electron chi connectivity index (χ2n) is 3.13. The normalized spacial score (nSPS) is 9.81. The zero-order valence-electron chi connectivity index (χ0n) is 8.77. The topological polar surface area (TPSA) is 88.4 Å². The first-order valence-electron chi connectivity index (χ1n) is 4.70. The number of pyridine rings is 1. The Labute approximate surface area is 91.5 Å². The molecule has 16 heavy (non-hydrogen) atoms. The van der Waals surface area contributed by atoms with E-state index in [0.29, 0.717) is 0 Å². The maximum absolute atomic E-state index is 11.4. The third kappa shape index (κ3) is 2.69. The molecule has 0 aliphatic carbocycles. The fourth-order valence-corrected chi connectivity index (χ4v) is 1.28. The van der Waals surface area contributed by atoms with Gasteiger partial charge in [0.15, 0.2) is 0 Å². The molecule has 0 saturated heterocycles. The van der Waals surface area contributed by atoms with E-state index in [0.717, 1.165) is 4.57 Å². The number of carbonyl (C=O) groups excluding carboxylic acids is 1. The van der Waals surface area contributed by atoms with Crippen molar-refractivity contribution in [1.82, 2.24) is 9.88 Å². The van der Waals surface area contributed by atoms with Gasteiger partial charge in [0.05, 0.1) is 0 Å². The van der Waals surface area contributed by atoms with Crippen molar-refractivity contribution < 1.29 is 14.7 Å². The van der Waals surface area contributed by atoms with Crippen molar-refractivity contribution in [3.05, 3.63) is 34.2 Å². The molecule has 6 heteroatoms. The molecule has 0 atom stereocenters. The predicted octanol–water partition coefficient (Wildman–Crippen LogP) is -0.317. The number of carboxylic acid groups (broad SMARTS) is 1. The minimum absolute atomic E-state index is 0.0565. The van der Waals surface area contributed by atoms with Gasteiger partial charge in [-0.2, -0.15) is 0 Å². The van der Waals surface area contributed by atoms with Crippen LogP contribution in [0.3, 0.4) is 0 Å². The maximum Gasteiger partial charge on any atom is 0.352 e. The lowest BCUT2D eigenvalue weighted by Gasteiger charge is -2.08. The van der Waals surface area contributed by atoms with Crippen molar-refractivity contribution >= 4 is 11.9 Å². The number of carbonyl (C=O) groups is 2. The first-order chi connectivity index (χ1) is 7.56. The lowest BCUT2D eigenvalue weighted by Crippen LogP contribution is -2.28. The monoisotopic (exact) mass is 224 g/mol. The number of hydrogen-bond acceptors (Lipinski definition) is 3. The Kier molecular flexibility index (Phi) is 3.82. The Hall–Kier alpha value is -2.11. The van der Waals surface area contributed by atoms with Crippen molar-refractivity contribution in [2.45, 2.75) is 13.0 Å². The molecule has 1 amide bonds. The van der Waals surface area contributed by atoms with E-state index in [1.54, 1.807) is 0 Å². The van der Waals surface area contributed by atoms with Crippen LogP contribution in [-0.2, 0) is 11.3 Å². The van der Waals surface area contributed by atoms with Gasteiger partial charge in [-0.1, -0.05) is 6.07 Å². The van der Waals surface area contributed by atoms with Crippen molar-refractivity contribution in [2.24, 2.45) is 0 Å². The minimum atomic E-state index is -1.19. The molecule has 86 valence electrons. The highest BCUT2D eigenvalue weighted by atomic mass is 16.4. The highest BCUT2D eigenvalue weighted by molar-refractivity contribution is 5.85. The van der Waals surface area contributed by atoms with Crippen LogP contribution in [0.25, 0.3) is 0 Å². The number of aromatic carboxylic acids is 1. The summed E-state index contributed by atoms with van der Waals surface area (Å²) in [5, 5.41) is 11.3. The fourth-order valence-electron chi connectivity index (χ4n) is 1.28. The highest BCUT2D eigenvalue weighted by Crippen LogP contribution is 1.98. The summed E-state index contributed by atoms with van der Waals surface area (Å²) >= 11 is 0. The first kappa shape index (κ1) is 12.0. The molecule has 0 fully saturated rings. The molecular formula is C10H12N2O4. The van der Waals surface area contributed by atoms with E-state index in [4.69, 9.17) is 5.11 Å². The van der Waals surface area contributed by atoms with E-state index in [1.807, 2.05) is 0 Å². The van der Waals surface area contributed by atoms with Crippen LogP contribution in [0.1, 0.15) is 16.9 Å². The van der Waals surface area contributed by atoms with Crippen LogP contribution in [0.2, 0.25) is 0 Å². The van der Waals surface area contributed by atoms with Crippen molar-refractivity contribution in [1.29, 1.82) is 0 Å². The summed E-state index contributed by atoms with van der Waals surface area (Å²) in [5.74, 6) is -1.43. The number of nitrogens with zero attached hydrogens (tertiary/aromatic N) is 1. The van der Waals surface area contributed by atoms with Crippen molar-refractivity contribution in [3.8, 4) is 0 Å². The van der Waals surface area contributed by atoms with Gasteiger partial charge in [-0.05, 0) is 6.07 Å². The highest BCUT2D eigenvalue weighted by Gasteiger charge is 2.10. The lowest BCUT2D eigenvalue weighted by molar-refractivity contribution is -0.120. The molecule has 1 heterocycles. The molecule has 6 nitrogen and oxygen atoms in total. The summed E-state index contributed by atoms with van der Waals surface area (Å²) in [6, 6.07) is 3.96. The fraction of sp³-hybridized carbons (Fsp3) is 0.300. The average molecular weight is 224 g/mol. The van der Waals surface area contributed by atoms with E-state index in [1.165, 1.54) is 25.2 Å². The second kappa shape index (κ2) is 5.11. The summed E-state index contributed by atoms with van der Waals surface area (Å²) < 4.78 is 1.07. The van der Waals surface area contributed by atoms with Gasteiger partial charge in [0, 0.05) is 26.1 Å². The number of hydrogen-bond donors (Lipinski definition) is 2. The summed E-state index contributed by atoms with van der Waals surface area (Å²) in [5.41, 5.74) is -0.541. The van der Waals surface area contributed by atoms with Crippen LogP contribution < -0.4 is 10.9 Å². The number of nitrogens with one attached hydrogen (secondary N) is 1. The van der Waals surface area contributed by atoms with Crippen LogP contribution >= 0.6 is 0 Å². The summed E-state index contributed by atoms with van der Waals surface area (Å²) in [6.45, 7) is 0.0565. The van der Waals surface area contributed by atoms with Crippen LogP contribution in [0, 0.1) is 0 Å². The third-order valence-corrected chi connectivity index (χ3v) is 2.11. The Morgan fingerprint density at radius 3 is 2.69 bits per heavy atom. The lowest BCUT2D eigenvalue weighted by atomic mass is 10.3. The Bertz CT molecular complexity index is 464. The molecule has 0 saturated carbocycles. The predicted molar refractivity (Wildman–Crippen MR) is 56.3 cm³/mol. The molecule has 1 aromatic rings. The van der Waals surface area contributed by atoms with E-state index in [-0.39, 0.29) is 24.6 Å². The molecule has 0 unspecified atom stereocenters. The average Bonchev–Trinajstić information content (AvgIpc) is 2.26. The largest absolute Gasteiger partial charge is 0.477 e. The van der Waals surface area contributed by atoms with Crippen LogP contribution in [-0.4, -0.2) is 28.6 Å². The molecule has 0 aromatic carbocycles. The zero-order valence-corrected chi connectivity index (χ0v) is 8.77. The molecule has 1 aromatic heterocycles. The quantitative estimate of drug-likeness (QED) is 0.733. The molecular weight excluding hydrogens is 212 g/mol. The Balaban J connectivity index is 2.98. The van der Waals surface area contributed by atoms with Gasteiger partial charge in [-0.3, -0.25) is 9.59 Å². The molecule has 0 aliphatic heterocycles. The van der Waals surface area contributed by atoms with Gasteiger partial charge < -0.3 is 15.0 Å². The van der Waals surface area contributed by atoms with E-state index >= 15 is 0 Å². The maximum atomic E-state index is 11.4. The van der Waals surface area contributed by atoms with Crippen molar-refractivity contribution in [2.75, 3.05) is 7.05 Å². The number of carboxylic acids is 1. The van der Waals surface area contributed by atoms with Gasteiger partial charge in [-0.15, -0.1) is 0 Å². The van der Waals surface area contributed by atoms with Gasteiger partial charge in [0.2, 0.25) is 5.91 Å². The SMILES string of the molecule is CNC(=O)CCn1c(C(=O)O)cccc1=O. The van der Waals surface area contributed by atoms with Gasteiger partial charge in [-0.25, -0.2) is 4.79 Å². The van der Waals surface area contributed by atoms with Gasteiger partial charge in [0.1, 0.15) is 5.69 Å². The number of rotatable bonds is 4.